The fourth-order valence-corrected chi connectivity index (χ4v) is 17.7. The summed E-state index contributed by atoms with van der Waals surface area (Å²) in [7, 11) is 0. The number of carbonyl (C=O) groups excluding carboxylic acids is 6. The fraction of sp³-hybridized carbons (Fsp3) is 0.300. The zero-order valence-corrected chi connectivity index (χ0v) is 56.3. The van der Waals surface area contributed by atoms with E-state index in [1.54, 1.807) is 77.7 Å². The topological polar surface area (TPSA) is 368 Å². The summed E-state index contributed by atoms with van der Waals surface area (Å²) in [6.07, 6.45) is -1.01. The number of nitrogens with two attached hydrogens (primary N) is 1. The first kappa shape index (κ1) is 64.4. The van der Waals surface area contributed by atoms with Gasteiger partial charge in [-0.15, -0.1) is 68.0 Å². The molecule has 12 rings (SSSR count). The van der Waals surface area contributed by atoms with E-state index in [4.69, 9.17) is 25.7 Å². The van der Waals surface area contributed by atoms with Crippen molar-refractivity contribution in [3.8, 4) is 49.1 Å². The number of rotatable bonds is 10. The Hall–Kier alpha value is -7.66. The van der Waals surface area contributed by atoms with Gasteiger partial charge < -0.3 is 52.3 Å². The predicted molar refractivity (Wildman–Crippen MR) is 352 cm³/mol. The number of nitrogens with one attached hydrogen (secondary N) is 4. The summed E-state index contributed by atoms with van der Waals surface area (Å²) in [5.74, 6) is -5.91. The van der Waals surface area contributed by atoms with Crippen molar-refractivity contribution in [3.05, 3.63) is 144 Å². The number of halogens is 2. The molecule has 10 N–H and O–H groups in total. The van der Waals surface area contributed by atoms with E-state index >= 15 is 4.79 Å². The molecule has 3 aliphatic rings. The molecular weight excluding hydrogens is 1430 g/mol. The lowest BCUT2D eigenvalue weighted by molar-refractivity contribution is -0.143. The van der Waals surface area contributed by atoms with Gasteiger partial charge in [-0.2, -0.15) is 0 Å². The van der Waals surface area contributed by atoms with Crippen LogP contribution in [0.25, 0.3) is 43.4 Å². The van der Waals surface area contributed by atoms with Crippen LogP contribution in [-0.2, 0) is 20.8 Å². The zero-order chi connectivity index (χ0) is 64.8. The minimum Gasteiger partial charge on any atom is -0.506 e. The van der Waals surface area contributed by atoms with Gasteiger partial charge in [0.15, 0.2) is 0 Å². The maximum Gasteiger partial charge on any atom is 0.306 e. The number of aromatic nitrogens is 7. The van der Waals surface area contributed by atoms with E-state index in [9.17, 15) is 49.2 Å². The van der Waals surface area contributed by atoms with E-state index in [0.29, 0.717) is 99.0 Å². The van der Waals surface area contributed by atoms with E-state index in [0.717, 1.165) is 34.0 Å². The van der Waals surface area contributed by atoms with Gasteiger partial charge in [-0.1, -0.05) is 37.3 Å². The van der Waals surface area contributed by atoms with E-state index < -0.39 is 96.0 Å². The van der Waals surface area contributed by atoms with Gasteiger partial charge in [-0.05, 0) is 99.9 Å². The van der Waals surface area contributed by atoms with Gasteiger partial charge in [-0.3, -0.25) is 33.6 Å². The number of aliphatic hydroxyl groups is 2. The van der Waals surface area contributed by atoms with Crippen LogP contribution in [0.1, 0.15) is 136 Å². The number of carboxylic acid groups (broad SMARTS) is 1. The number of aryl methyl sites for hydroxylation is 1. The van der Waals surface area contributed by atoms with Crippen LogP contribution >= 0.6 is 99.9 Å². The highest BCUT2D eigenvalue weighted by molar-refractivity contribution is 9.11. The Morgan fingerprint density at radius 2 is 1.34 bits per heavy atom. The lowest BCUT2D eigenvalue weighted by Gasteiger charge is -2.29. The number of primary amides is 1. The molecule has 7 aromatic heterocycles. The number of carboxylic acids is 1. The highest BCUT2D eigenvalue weighted by Gasteiger charge is 2.46. The highest BCUT2D eigenvalue weighted by atomic mass is 79.9. The monoisotopic (exact) mass is 1480 g/mol. The number of carbonyl (C=O) groups is 7. The number of phenols is 1. The van der Waals surface area contributed by atoms with Gasteiger partial charge >= 0.3 is 5.97 Å². The first-order valence-electron chi connectivity index (χ1n) is 28.5. The van der Waals surface area contributed by atoms with E-state index in [1.165, 1.54) is 49.7 Å². The second kappa shape index (κ2) is 27.1. The zero-order valence-electron chi connectivity index (χ0n) is 48.2. The van der Waals surface area contributed by atoms with Crippen molar-refractivity contribution in [1.29, 1.82) is 0 Å². The molecule has 24 nitrogen and oxygen atoms in total. The molecule has 0 unspecified atom stereocenters. The summed E-state index contributed by atoms with van der Waals surface area (Å²) in [4.78, 5) is 132. The second-order valence-corrected chi connectivity index (χ2v) is 29.5. The largest absolute Gasteiger partial charge is 0.506 e. The third kappa shape index (κ3) is 13.6. The Morgan fingerprint density at radius 1 is 0.707 bits per heavy atom. The Kier molecular flexibility index (Phi) is 19.0. The predicted octanol–water partition coefficient (Wildman–Crippen LogP) is 9.19. The number of phenolic OH excluding ortho intramolecular Hbond substituents is 1. The van der Waals surface area contributed by atoms with Gasteiger partial charge in [0.25, 0.3) is 23.6 Å². The molecular formula is C60H53Br2N13O11S6. The van der Waals surface area contributed by atoms with Crippen LogP contribution in [0.15, 0.2) is 90.4 Å². The SMILES string of the molecule is Cc1sc2nc1C(=O)N[C@@H]([C@H](O)c1ccccc1)c1nc(cs1)C(=O)N[C@@H](Cc1cc(Br)c(O)c(Br)c1)C(=O)N1C[C@H](O)[C@H](C)[C@H]1c1nc(cs1)-c1nc(cs1)-c1nc(-c3nc(C(=O)NC4CCC(C(=O)O)CC4)cs3)ccc1-c1nc(cs1)C(=O)N[C@H]2CC(N)=O. The van der Waals surface area contributed by atoms with Crippen LogP contribution in [0, 0.1) is 18.8 Å². The lowest BCUT2D eigenvalue weighted by Crippen LogP contribution is -2.50. The molecule has 0 spiro atoms. The molecule has 1 saturated heterocycles. The van der Waals surface area contributed by atoms with Crippen LogP contribution in [0.5, 0.6) is 5.75 Å². The van der Waals surface area contributed by atoms with Crippen molar-refractivity contribution >= 4 is 141 Å². The van der Waals surface area contributed by atoms with Crippen LogP contribution in [0.4, 0.5) is 0 Å². The number of aliphatic hydroxyl groups excluding tert-OH is 2. The molecule has 2 fully saturated rings. The van der Waals surface area contributed by atoms with Gasteiger partial charge in [-0.25, -0.2) is 34.9 Å². The number of aliphatic carboxylic acids is 1. The summed E-state index contributed by atoms with van der Waals surface area (Å²) in [6.45, 7) is 3.32. The molecule has 92 heavy (non-hydrogen) atoms. The molecule has 1 saturated carbocycles. The van der Waals surface area contributed by atoms with Crippen molar-refractivity contribution in [2.75, 3.05) is 6.54 Å². The Morgan fingerprint density at radius 3 is 2.07 bits per heavy atom. The molecule has 2 aliphatic heterocycles. The molecule has 9 aromatic rings. The average Bonchev–Trinajstić information content (AvgIpc) is 1.61. The van der Waals surface area contributed by atoms with Crippen molar-refractivity contribution < 1.29 is 54.0 Å². The molecule has 7 atom stereocenters. The average molecular weight is 1480 g/mol. The van der Waals surface area contributed by atoms with E-state index in [1.807, 2.05) is 6.92 Å². The van der Waals surface area contributed by atoms with Gasteiger partial charge in [0.1, 0.15) is 93.8 Å². The minimum absolute atomic E-state index is 0.0356. The number of hydrogen-bond donors (Lipinski definition) is 9. The number of thiazole rings is 6. The first-order valence-corrected chi connectivity index (χ1v) is 35.3. The number of aromatic hydroxyl groups is 1. The normalized spacial score (nSPS) is 21.6. The number of fused-ring (bicyclic) bond motifs is 16. The summed E-state index contributed by atoms with van der Waals surface area (Å²) in [5, 5.41) is 65.5. The van der Waals surface area contributed by atoms with Crippen molar-refractivity contribution in [2.45, 2.75) is 94.8 Å². The second-order valence-electron chi connectivity index (χ2n) is 22.2. The van der Waals surface area contributed by atoms with Gasteiger partial charge in [0.05, 0.1) is 45.2 Å². The minimum atomic E-state index is -1.43. The van der Waals surface area contributed by atoms with Crippen molar-refractivity contribution in [3.63, 3.8) is 0 Å². The molecule has 0 radical (unpaired) electrons. The van der Waals surface area contributed by atoms with Crippen LogP contribution in [0.2, 0.25) is 0 Å². The number of nitrogens with zero attached hydrogens (tertiary/aromatic N) is 8. The van der Waals surface area contributed by atoms with Crippen LogP contribution < -0.4 is 27.0 Å². The molecule has 9 heterocycles. The van der Waals surface area contributed by atoms with Gasteiger partial charge in [0, 0.05) is 62.3 Å². The standard InChI is InChI=1S/C60H53Br2N13O11S6/c1-24-41(76)18-75-46(24)58-72-40(23-91-58)55-68-36(19-88-55)44-30(12-13-33(65-44)54-70-37(21-89-54)49(80)64-29-10-8-28(9-11-29)60(85)86)53-69-38(20-87-53)50(81)66-34(17-42(63)77)56-74-43(25(2)92-56)52(83)73-45(47(78)27-6-4-3-5-7-27)57-71-39(22-90-57)51(82)67-35(59(75)84)16-26-14-31(61)48(79)32(62)15-26/h3-7,12-15,19-24,28-29,34-35,41,45-47,76,78-79H,8-11,16-18H2,1-2H3,(H2,63,77)(H,64,80)(H,66,81)(H,67,82)(H,73,83)(H,85,86)/t24-,28?,29?,34-,35-,41-,45-,46-,47+/m0/s1. The Labute approximate surface area is 564 Å². The summed E-state index contributed by atoms with van der Waals surface area (Å²) < 4.78 is 0.639. The third-order valence-corrected chi connectivity index (χ3v) is 22.7. The Bertz CT molecular complexity index is 4330. The quantitative estimate of drug-likeness (QED) is 0.0616. The van der Waals surface area contributed by atoms with Crippen molar-refractivity contribution in [2.24, 2.45) is 17.6 Å². The molecule has 10 bridgehead atoms. The number of pyridine rings is 1. The first-order chi connectivity index (χ1) is 44.1. The van der Waals surface area contributed by atoms with E-state index in [2.05, 4.69) is 68.1 Å². The molecule has 1 aliphatic carbocycles. The maximum atomic E-state index is 15.3. The molecule has 6 amide bonds. The lowest BCUT2D eigenvalue weighted by atomic mass is 9.86. The third-order valence-electron chi connectivity index (χ3n) is 16.0. The maximum absolute atomic E-state index is 15.3. The summed E-state index contributed by atoms with van der Waals surface area (Å²) in [5.41, 5.74) is 8.58. The smallest absolute Gasteiger partial charge is 0.306 e. The number of benzene rings is 2. The Balaban J connectivity index is 0.938. The molecule has 32 heteroatoms. The highest BCUT2D eigenvalue weighted by Crippen LogP contribution is 2.44. The number of hydrogen-bond acceptors (Lipinski definition) is 23. The van der Waals surface area contributed by atoms with Crippen LogP contribution in [0.3, 0.4) is 0 Å². The molecule has 2 aromatic carbocycles. The van der Waals surface area contributed by atoms with Gasteiger partial charge in [0.2, 0.25) is 11.8 Å². The van der Waals surface area contributed by atoms with E-state index in [-0.39, 0.29) is 57.5 Å². The summed E-state index contributed by atoms with van der Waals surface area (Å²) in [6, 6.07) is 10.5. The fourth-order valence-electron chi connectivity index (χ4n) is 11.1. The number of amides is 6. The molecule has 474 valence electrons. The summed E-state index contributed by atoms with van der Waals surface area (Å²) >= 11 is 13.6. The van der Waals surface area contributed by atoms with Crippen LogP contribution in [-0.4, -0.2) is 126 Å². The van der Waals surface area contributed by atoms with Crippen molar-refractivity contribution in [1.82, 2.24) is 61.1 Å².